The fraction of sp³-hybridized carbons (Fsp3) is 0.111. The van der Waals surface area contributed by atoms with Crippen LogP contribution in [0.25, 0.3) is 22.5 Å². The highest BCUT2D eigenvalue weighted by molar-refractivity contribution is 5.96. The Bertz CT molecular complexity index is 901. The molecule has 0 saturated carbocycles. The van der Waals surface area contributed by atoms with Crippen molar-refractivity contribution in [2.24, 2.45) is 0 Å². The summed E-state index contributed by atoms with van der Waals surface area (Å²) < 4.78 is 13.9. The minimum atomic E-state index is -0.303. The number of carbonyl (C=O) groups is 1. The molecule has 0 aliphatic carbocycles. The molecule has 0 bridgehead atoms. The lowest BCUT2D eigenvalue weighted by Gasteiger charge is -2.10. The van der Waals surface area contributed by atoms with E-state index in [2.05, 4.69) is 15.3 Å². The van der Waals surface area contributed by atoms with Crippen LogP contribution in [-0.4, -0.2) is 22.4 Å². The second-order valence-electron chi connectivity index (χ2n) is 5.50. The van der Waals surface area contributed by atoms with E-state index in [1.54, 1.807) is 24.4 Å². The summed E-state index contributed by atoms with van der Waals surface area (Å²) in [6.07, 6.45) is 2.46. The lowest BCUT2D eigenvalue weighted by Crippen LogP contribution is -2.31. The quantitative estimate of drug-likeness (QED) is 0.764. The number of H-pyrrole nitrogens is 1. The Morgan fingerprint density at radius 2 is 2.00 bits per heavy atom. The SMILES string of the molecule is O=C1NCCc2cc(-c3ccnc(-c4ccccc4F)c3)[nH]c21. The molecule has 23 heavy (non-hydrogen) atoms. The van der Waals surface area contributed by atoms with E-state index in [1.807, 2.05) is 18.2 Å². The molecule has 1 aliphatic heterocycles. The predicted molar refractivity (Wildman–Crippen MR) is 85.5 cm³/mol. The summed E-state index contributed by atoms with van der Waals surface area (Å²) in [5.74, 6) is -0.386. The number of hydrogen-bond donors (Lipinski definition) is 2. The Balaban J connectivity index is 1.78. The third-order valence-corrected chi connectivity index (χ3v) is 4.03. The molecule has 114 valence electrons. The van der Waals surface area contributed by atoms with Crippen LogP contribution in [-0.2, 0) is 6.42 Å². The van der Waals surface area contributed by atoms with E-state index in [0.717, 1.165) is 23.2 Å². The van der Waals surface area contributed by atoms with Crippen molar-refractivity contribution in [2.75, 3.05) is 6.54 Å². The van der Waals surface area contributed by atoms with Gasteiger partial charge in [0, 0.05) is 29.6 Å². The monoisotopic (exact) mass is 307 g/mol. The maximum Gasteiger partial charge on any atom is 0.268 e. The first-order valence-electron chi connectivity index (χ1n) is 7.44. The van der Waals surface area contributed by atoms with Crippen LogP contribution in [0.1, 0.15) is 16.1 Å². The standard InChI is InChI=1S/C18H14FN3O/c19-14-4-2-1-3-13(14)16-9-11(5-7-20-16)15-10-12-6-8-21-18(23)17(12)22-15/h1-5,7,9-10,22H,6,8H2,(H,21,23). The van der Waals surface area contributed by atoms with Gasteiger partial charge in [-0.1, -0.05) is 12.1 Å². The second-order valence-corrected chi connectivity index (χ2v) is 5.50. The van der Waals surface area contributed by atoms with Gasteiger partial charge in [0.2, 0.25) is 0 Å². The molecule has 0 fully saturated rings. The number of carbonyl (C=O) groups excluding carboxylic acids is 1. The van der Waals surface area contributed by atoms with E-state index in [-0.39, 0.29) is 11.7 Å². The third-order valence-electron chi connectivity index (χ3n) is 4.03. The van der Waals surface area contributed by atoms with Gasteiger partial charge in [0.05, 0.1) is 5.69 Å². The van der Waals surface area contributed by atoms with Crippen LogP contribution < -0.4 is 5.32 Å². The topological polar surface area (TPSA) is 57.8 Å². The van der Waals surface area contributed by atoms with Gasteiger partial charge < -0.3 is 10.3 Å². The number of aromatic nitrogens is 2. The molecule has 2 N–H and O–H groups in total. The molecule has 0 spiro atoms. The first kappa shape index (κ1) is 13.7. The molecular formula is C18H14FN3O. The van der Waals surface area contributed by atoms with Crippen LogP contribution in [0.4, 0.5) is 4.39 Å². The molecule has 3 heterocycles. The smallest absolute Gasteiger partial charge is 0.268 e. The average molecular weight is 307 g/mol. The molecule has 5 heteroatoms. The molecule has 1 aliphatic rings. The zero-order valence-electron chi connectivity index (χ0n) is 12.3. The minimum absolute atomic E-state index is 0.0825. The van der Waals surface area contributed by atoms with Gasteiger partial charge in [-0.2, -0.15) is 0 Å². The zero-order valence-corrected chi connectivity index (χ0v) is 12.3. The van der Waals surface area contributed by atoms with Crippen molar-refractivity contribution >= 4 is 5.91 Å². The van der Waals surface area contributed by atoms with E-state index in [9.17, 15) is 9.18 Å². The Hall–Kier alpha value is -2.95. The minimum Gasteiger partial charge on any atom is -0.350 e. The number of rotatable bonds is 2. The summed E-state index contributed by atoms with van der Waals surface area (Å²) in [6, 6.07) is 12.2. The maximum absolute atomic E-state index is 13.9. The van der Waals surface area contributed by atoms with Crippen LogP contribution >= 0.6 is 0 Å². The van der Waals surface area contributed by atoms with Crippen molar-refractivity contribution in [3.63, 3.8) is 0 Å². The largest absolute Gasteiger partial charge is 0.350 e. The second kappa shape index (κ2) is 5.35. The van der Waals surface area contributed by atoms with Crippen molar-refractivity contribution in [1.29, 1.82) is 0 Å². The number of pyridine rings is 1. The molecule has 4 nitrogen and oxygen atoms in total. The van der Waals surface area contributed by atoms with E-state index in [4.69, 9.17) is 0 Å². The van der Waals surface area contributed by atoms with Crippen molar-refractivity contribution < 1.29 is 9.18 Å². The van der Waals surface area contributed by atoms with Crippen LogP contribution in [0.2, 0.25) is 0 Å². The highest BCUT2D eigenvalue weighted by Crippen LogP contribution is 2.28. The van der Waals surface area contributed by atoms with Crippen molar-refractivity contribution in [2.45, 2.75) is 6.42 Å². The molecule has 1 aromatic carbocycles. The maximum atomic E-state index is 13.9. The van der Waals surface area contributed by atoms with Crippen LogP contribution in [0.5, 0.6) is 0 Å². The summed E-state index contributed by atoms with van der Waals surface area (Å²) >= 11 is 0. The fourth-order valence-electron chi connectivity index (χ4n) is 2.87. The molecule has 1 amide bonds. The summed E-state index contributed by atoms with van der Waals surface area (Å²) in [7, 11) is 0. The van der Waals surface area contributed by atoms with Gasteiger partial charge in [-0.05, 0) is 42.3 Å². The Labute approximate surface area is 132 Å². The zero-order chi connectivity index (χ0) is 15.8. The molecule has 0 atom stereocenters. The van der Waals surface area contributed by atoms with Crippen LogP contribution in [0.3, 0.4) is 0 Å². The third kappa shape index (κ3) is 2.40. The van der Waals surface area contributed by atoms with Gasteiger partial charge in [0.25, 0.3) is 5.91 Å². The summed E-state index contributed by atoms with van der Waals surface area (Å²) in [5.41, 5.74) is 4.36. The number of benzene rings is 1. The van der Waals surface area contributed by atoms with Crippen molar-refractivity contribution in [3.05, 3.63) is 65.7 Å². The highest BCUT2D eigenvalue weighted by Gasteiger charge is 2.20. The number of aromatic amines is 1. The number of amides is 1. The fourth-order valence-corrected chi connectivity index (χ4v) is 2.87. The average Bonchev–Trinajstić information content (AvgIpc) is 3.01. The van der Waals surface area contributed by atoms with Gasteiger partial charge in [-0.25, -0.2) is 4.39 Å². The van der Waals surface area contributed by atoms with Gasteiger partial charge in [-0.15, -0.1) is 0 Å². The van der Waals surface area contributed by atoms with Gasteiger partial charge >= 0.3 is 0 Å². The molecule has 4 rings (SSSR count). The molecule has 2 aromatic heterocycles. The number of fused-ring (bicyclic) bond motifs is 1. The van der Waals surface area contributed by atoms with Crippen molar-refractivity contribution in [3.8, 4) is 22.5 Å². The number of nitrogens with one attached hydrogen (secondary N) is 2. The summed E-state index contributed by atoms with van der Waals surface area (Å²) in [5, 5.41) is 2.82. The first-order chi connectivity index (χ1) is 11.2. The van der Waals surface area contributed by atoms with Crippen molar-refractivity contribution in [1.82, 2.24) is 15.3 Å². The number of nitrogens with zero attached hydrogens (tertiary/aromatic N) is 1. The summed E-state index contributed by atoms with van der Waals surface area (Å²) in [6.45, 7) is 0.653. The molecule has 0 unspecified atom stereocenters. The number of halogens is 1. The molecular weight excluding hydrogens is 293 g/mol. The first-order valence-corrected chi connectivity index (χ1v) is 7.44. The Kier molecular flexibility index (Phi) is 3.19. The Morgan fingerprint density at radius 3 is 2.83 bits per heavy atom. The van der Waals surface area contributed by atoms with Gasteiger partial charge in [0.15, 0.2) is 0 Å². The van der Waals surface area contributed by atoms with E-state index >= 15 is 0 Å². The van der Waals surface area contributed by atoms with Crippen LogP contribution in [0.15, 0.2) is 48.7 Å². The van der Waals surface area contributed by atoms with Gasteiger partial charge in [-0.3, -0.25) is 9.78 Å². The summed E-state index contributed by atoms with van der Waals surface area (Å²) in [4.78, 5) is 19.3. The lowest BCUT2D eigenvalue weighted by molar-refractivity contribution is 0.0941. The molecule has 0 radical (unpaired) electrons. The van der Waals surface area contributed by atoms with E-state index in [0.29, 0.717) is 23.5 Å². The Morgan fingerprint density at radius 1 is 1.13 bits per heavy atom. The molecule has 3 aromatic rings. The number of hydrogen-bond acceptors (Lipinski definition) is 2. The van der Waals surface area contributed by atoms with E-state index in [1.165, 1.54) is 6.07 Å². The lowest BCUT2D eigenvalue weighted by atomic mass is 10.1. The highest BCUT2D eigenvalue weighted by atomic mass is 19.1. The van der Waals surface area contributed by atoms with E-state index < -0.39 is 0 Å². The van der Waals surface area contributed by atoms with Gasteiger partial charge in [0.1, 0.15) is 11.5 Å². The predicted octanol–water partition coefficient (Wildman–Crippen LogP) is 3.17. The molecule has 0 saturated heterocycles. The normalized spacial score (nSPS) is 13.5. The van der Waals surface area contributed by atoms with Crippen LogP contribution in [0, 0.1) is 5.82 Å².